The van der Waals surface area contributed by atoms with Crippen molar-refractivity contribution in [2.45, 2.75) is 25.2 Å². The SMILES string of the molecule is C=CN1C2=CCCCC2c2ccccc21. The van der Waals surface area contributed by atoms with Crippen LogP contribution in [0.1, 0.15) is 30.7 Å². The van der Waals surface area contributed by atoms with Crippen LogP contribution >= 0.6 is 0 Å². The van der Waals surface area contributed by atoms with E-state index in [9.17, 15) is 0 Å². The van der Waals surface area contributed by atoms with E-state index in [0.29, 0.717) is 5.92 Å². The maximum Gasteiger partial charge on any atom is 0.0490 e. The van der Waals surface area contributed by atoms with Crippen molar-refractivity contribution in [2.24, 2.45) is 0 Å². The van der Waals surface area contributed by atoms with E-state index in [1.54, 1.807) is 0 Å². The highest BCUT2D eigenvalue weighted by Crippen LogP contribution is 2.47. The van der Waals surface area contributed by atoms with Crippen molar-refractivity contribution in [3.8, 4) is 0 Å². The Balaban J connectivity index is 2.18. The van der Waals surface area contributed by atoms with Crippen LogP contribution in [0.25, 0.3) is 0 Å². The summed E-state index contributed by atoms with van der Waals surface area (Å²) in [6.07, 6.45) is 8.12. The van der Waals surface area contributed by atoms with Crippen molar-refractivity contribution in [2.75, 3.05) is 4.90 Å². The lowest BCUT2D eigenvalue weighted by Crippen LogP contribution is -2.14. The number of hydrogen-bond donors (Lipinski definition) is 0. The molecule has 0 N–H and O–H groups in total. The highest BCUT2D eigenvalue weighted by atomic mass is 15.2. The molecule has 1 heterocycles. The first-order valence-corrected chi connectivity index (χ1v) is 5.62. The van der Waals surface area contributed by atoms with Gasteiger partial charge in [0, 0.05) is 23.5 Å². The molecule has 1 nitrogen and oxygen atoms in total. The van der Waals surface area contributed by atoms with Crippen LogP contribution in [0.4, 0.5) is 5.69 Å². The predicted molar refractivity (Wildman–Crippen MR) is 63.8 cm³/mol. The summed E-state index contributed by atoms with van der Waals surface area (Å²) in [5.41, 5.74) is 4.24. The van der Waals surface area contributed by atoms with Crippen LogP contribution in [-0.2, 0) is 0 Å². The molecule has 1 aliphatic heterocycles. The monoisotopic (exact) mass is 197 g/mol. The number of rotatable bonds is 1. The zero-order valence-electron chi connectivity index (χ0n) is 8.82. The molecular weight excluding hydrogens is 182 g/mol. The number of allylic oxidation sites excluding steroid dienone is 2. The maximum absolute atomic E-state index is 3.92. The Morgan fingerprint density at radius 3 is 3.07 bits per heavy atom. The van der Waals surface area contributed by atoms with Gasteiger partial charge in [-0.05, 0) is 30.9 Å². The van der Waals surface area contributed by atoms with Gasteiger partial charge in [-0.1, -0.05) is 30.9 Å². The second-order valence-electron chi connectivity index (χ2n) is 4.22. The van der Waals surface area contributed by atoms with E-state index >= 15 is 0 Å². The zero-order valence-corrected chi connectivity index (χ0v) is 8.82. The van der Waals surface area contributed by atoms with Crippen molar-refractivity contribution in [1.82, 2.24) is 0 Å². The number of anilines is 1. The van der Waals surface area contributed by atoms with Gasteiger partial charge < -0.3 is 4.90 Å². The molecular formula is C14H15N. The molecule has 1 heteroatoms. The van der Waals surface area contributed by atoms with Gasteiger partial charge >= 0.3 is 0 Å². The van der Waals surface area contributed by atoms with Crippen LogP contribution in [0.15, 0.2) is 48.8 Å². The minimum absolute atomic E-state index is 0.618. The number of para-hydroxylation sites is 1. The second kappa shape index (κ2) is 3.27. The summed E-state index contributed by atoms with van der Waals surface area (Å²) < 4.78 is 0. The lowest BCUT2D eigenvalue weighted by molar-refractivity contribution is 0.633. The fourth-order valence-electron chi connectivity index (χ4n) is 2.79. The molecule has 0 bridgehead atoms. The summed E-state index contributed by atoms with van der Waals surface area (Å²) in [5, 5.41) is 0. The topological polar surface area (TPSA) is 3.24 Å². The first-order valence-electron chi connectivity index (χ1n) is 5.62. The smallest absolute Gasteiger partial charge is 0.0490 e. The van der Waals surface area contributed by atoms with Crippen LogP contribution in [0.2, 0.25) is 0 Å². The minimum atomic E-state index is 0.618. The minimum Gasteiger partial charge on any atom is -0.321 e. The molecule has 0 saturated carbocycles. The average molecular weight is 197 g/mol. The first-order chi connectivity index (χ1) is 7.42. The molecule has 1 atom stereocenters. The van der Waals surface area contributed by atoms with Crippen molar-refractivity contribution in [3.05, 3.63) is 54.4 Å². The number of nitrogens with zero attached hydrogens (tertiary/aromatic N) is 1. The zero-order chi connectivity index (χ0) is 10.3. The van der Waals surface area contributed by atoms with Crippen molar-refractivity contribution in [1.29, 1.82) is 0 Å². The standard InChI is InChI=1S/C14H15N/c1-2-15-13-9-5-3-7-11(13)12-8-4-6-10-14(12)15/h2-3,5,7,9-10,12H,1,4,6,8H2. The third-order valence-electron chi connectivity index (χ3n) is 3.44. The summed E-state index contributed by atoms with van der Waals surface area (Å²) in [4.78, 5) is 2.25. The normalized spacial score (nSPS) is 23.1. The fraction of sp³-hybridized carbons (Fsp3) is 0.286. The van der Waals surface area contributed by atoms with Crippen LogP contribution < -0.4 is 4.90 Å². The average Bonchev–Trinajstić information content (AvgIpc) is 2.63. The van der Waals surface area contributed by atoms with Crippen molar-refractivity contribution < 1.29 is 0 Å². The molecule has 15 heavy (non-hydrogen) atoms. The molecule has 0 spiro atoms. The molecule has 2 aliphatic rings. The van der Waals surface area contributed by atoms with Gasteiger partial charge in [-0.25, -0.2) is 0 Å². The Morgan fingerprint density at radius 2 is 2.20 bits per heavy atom. The molecule has 1 aromatic rings. The highest BCUT2D eigenvalue weighted by molar-refractivity contribution is 5.70. The Hall–Kier alpha value is -1.50. The predicted octanol–water partition coefficient (Wildman–Crippen LogP) is 3.80. The Bertz CT molecular complexity index is 431. The maximum atomic E-state index is 3.92. The Morgan fingerprint density at radius 1 is 1.33 bits per heavy atom. The molecule has 0 aromatic heterocycles. The lowest BCUT2D eigenvalue weighted by Gasteiger charge is -2.22. The summed E-state index contributed by atoms with van der Waals surface area (Å²) >= 11 is 0. The van der Waals surface area contributed by atoms with Gasteiger partial charge in [0.2, 0.25) is 0 Å². The largest absolute Gasteiger partial charge is 0.321 e. The van der Waals surface area contributed by atoms with Gasteiger partial charge in [0.15, 0.2) is 0 Å². The van der Waals surface area contributed by atoms with E-state index in [-0.39, 0.29) is 0 Å². The molecule has 1 unspecified atom stereocenters. The fourth-order valence-corrected chi connectivity index (χ4v) is 2.79. The van der Waals surface area contributed by atoms with Crippen molar-refractivity contribution in [3.63, 3.8) is 0 Å². The van der Waals surface area contributed by atoms with Gasteiger partial charge in [0.05, 0.1) is 0 Å². The van der Waals surface area contributed by atoms with E-state index < -0.39 is 0 Å². The van der Waals surface area contributed by atoms with Gasteiger partial charge in [-0.3, -0.25) is 0 Å². The van der Waals surface area contributed by atoms with Gasteiger partial charge in [0.1, 0.15) is 0 Å². The van der Waals surface area contributed by atoms with Gasteiger partial charge in [-0.2, -0.15) is 0 Å². The molecule has 76 valence electrons. The lowest BCUT2D eigenvalue weighted by atomic mass is 9.89. The first kappa shape index (κ1) is 8.78. The third-order valence-corrected chi connectivity index (χ3v) is 3.44. The van der Waals surface area contributed by atoms with E-state index in [0.717, 1.165) is 0 Å². The van der Waals surface area contributed by atoms with Gasteiger partial charge in [0.25, 0.3) is 0 Å². The molecule has 0 saturated heterocycles. The molecule has 1 aromatic carbocycles. The Labute approximate surface area is 90.7 Å². The van der Waals surface area contributed by atoms with Crippen LogP contribution in [0.5, 0.6) is 0 Å². The van der Waals surface area contributed by atoms with Gasteiger partial charge in [-0.15, -0.1) is 0 Å². The van der Waals surface area contributed by atoms with E-state index in [4.69, 9.17) is 0 Å². The third kappa shape index (κ3) is 1.16. The van der Waals surface area contributed by atoms with Crippen LogP contribution in [0, 0.1) is 0 Å². The summed E-state index contributed by atoms with van der Waals surface area (Å²) in [6.45, 7) is 3.92. The number of hydrogen-bond acceptors (Lipinski definition) is 1. The summed E-state index contributed by atoms with van der Waals surface area (Å²) in [5.74, 6) is 0.618. The summed E-state index contributed by atoms with van der Waals surface area (Å²) in [6, 6.07) is 8.68. The van der Waals surface area contributed by atoms with Crippen LogP contribution in [-0.4, -0.2) is 0 Å². The number of fused-ring (bicyclic) bond motifs is 3. The van der Waals surface area contributed by atoms with E-state index in [1.807, 2.05) is 6.20 Å². The molecule has 3 rings (SSSR count). The molecule has 0 radical (unpaired) electrons. The van der Waals surface area contributed by atoms with E-state index in [1.165, 1.54) is 36.2 Å². The molecule has 0 amide bonds. The van der Waals surface area contributed by atoms with Crippen molar-refractivity contribution >= 4 is 5.69 Å². The Kier molecular flexibility index (Phi) is 1.91. The highest BCUT2D eigenvalue weighted by Gasteiger charge is 2.32. The number of benzene rings is 1. The van der Waals surface area contributed by atoms with Crippen LogP contribution in [0.3, 0.4) is 0 Å². The van der Waals surface area contributed by atoms with E-state index in [2.05, 4.69) is 41.8 Å². The summed E-state index contributed by atoms with van der Waals surface area (Å²) in [7, 11) is 0. The molecule has 0 fully saturated rings. The molecule has 1 aliphatic carbocycles. The second-order valence-corrected chi connectivity index (χ2v) is 4.22. The quantitative estimate of drug-likeness (QED) is 0.662.